The van der Waals surface area contributed by atoms with Gasteiger partial charge in [0.25, 0.3) is 0 Å². The molecule has 1 fully saturated rings. The predicted octanol–water partition coefficient (Wildman–Crippen LogP) is 2.96. The number of rotatable bonds is 4. The van der Waals surface area contributed by atoms with E-state index in [0.717, 1.165) is 50.0 Å². The maximum Gasteiger partial charge on any atom is 0.154 e. The Morgan fingerprint density at radius 1 is 1.00 bits per heavy atom. The third-order valence-corrected chi connectivity index (χ3v) is 4.06. The zero-order valence-corrected chi connectivity index (χ0v) is 12.9. The molecular weight excluding hydrogens is 290 g/mol. The van der Waals surface area contributed by atoms with E-state index in [9.17, 15) is 0 Å². The fraction of sp³-hybridized carbons (Fsp3) is 0.278. The molecule has 0 bridgehead atoms. The zero-order chi connectivity index (χ0) is 15.5. The number of para-hydroxylation sites is 1. The van der Waals surface area contributed by atoms with Crippen molar-refractivity contribution in [1.29, 1.82) is 0 Å². The SMILES string of the molecule is c1ccc(-n2cc(CN3CCOCC3)c(-c3ccco3)n2)cc1. The van der Waals surface area contributed by atoms with Crippen LogP contribution in [0.5, 0.6) is 0 Å². The molecular formula is C18H19N3O2. The van der Waals surface area contributed by atoms with E-state index in [2.05, 4.69) is 23.2 Å². The van der Waals surface area contributed by atoms with Crippen LogP contribution in [0.25, 0.3) is 17.1 Å². The molecule has 3 heterocycles. The summed E-state index contributed by atoms with van der Waals surface area (Å²) in [4.78, 5) is 2.39. The Morgan fingerprint density at radius 2 is 1.83 bits per heavy atom. The lowest BCUT2D eigenvalue weighted by Gasteiger charge is -2.26. The summed E-state index contributed by atoms with van der Waals surface area (Å²) >= 11 is 0. The normalized spacial score (nSPS) is 15.8. The Kier molecular flexibility index (Phi) is 3.96. The molecule has 0 N–H and O–H groups in total. The maximum atomic E-state index is 5.58. The van der Waals surface area contributed by atoms with Gasteiger partial charge in [-0.3, -0.25) is 4.90 Å². The first kappa shape index (κ1) is 14.2. The van der Waals surface area contributed by atoms with Gasteiger partial charge in [-0.1, -0.05) is 18.2 Å². The second kappa shape index (κ2) is 6.40. The molecule has 5 heteroatoms. The van der Waals surface area contributed by atoms with Crippen molar-refractivity contribution in [3.63, 3.8) is 0 Å². The Labute approximate surface area is 135 Å². The topological polar surface area (TPSA) is 43.4 Å². The molecule has 5 nitrogen and oxygen atoms in total. The number of aromatic nitrogens is 2. The van der Waals surface area contributed by atoms with Gasteiger partial charge in [0, 0.05) is 31.4 Å². The van der Waals surface area contributed by atoms with Crippen LogP contribution in [0.3, 0.4) is 0 Å². The minimum absolute atomic E-state index is 0.795. The molecule has 4 rings (SSSR count). The molecule has 1 aromatic carbocycles. The summed E-state index contributed by atoms with van der Waals surface area (Å²) in [6.07, 6.45) is 3.79. The van der Waals surface area contributed by atoms with Crippen molar-refractivity contribution in [3.05, 3.63) is 60.5 Å². The van der Waals surface area contributed by atoms with Gasteiger partial charge < -0.3 is 9.15 Å². The lowest BCUT2D eigenvalue weighted by Crippen LogP contribution is -2.35. The molecule has 1 aliphatic rings. The molecule has 0 atom stereocenters. The van der Waals surface area contributed by atoms with Crippen LogP contribution in [0.15, 0.2) is 59.3 Å². The molecule has 1 saturated heterocycles. The van der Waals surface area contributed by atoms with Crippen molar-refractivity contribution in [2.24, 2.45) is 0 Å². The van der Waals surface area contributed by atoms with Gasteiger partial charge in [-0.2, -0.15) is 5.10 Å². The Balaban J connectivity index is 1.69. The third-order valence-electron chi connectivity index (χ3n) is 4.06. The van der Waals surface area contributed by atoms with E-state index in [-0.39, 0.29) is 0 Å². The molecule has 0 amide bonds. The Hall–Kier alpha value is -2.37. The van der Waals surface area contributed by atoms with E-state index in [4.69, 9.17) is 14.3 Å². The van der Waals surface area contributed by atoms with E-state index in [1.165, 1.54) is 5.56 Å². The highest BCUT2D eigenvalue weighted by atomic mass is 16.5. The highest BCUT2D eigenvalue weighted by Crippen LogP contribution is 2.25. The number of ether oxygens (including phenoxy) is 1. The number of morpholine rings is 1. The van der Waals surface area contributed by atoms with Crippen LogP contribution in [-0.2, 0) is 11.3 Å². The lowest BCUT2D eigenvalue weighted by molar-refractivity contribution is 0.0342. The zero-order valence-electron chi connectivity index (χ0n) is 12.9. The van der Waals surface area contributed by atoms with Crippen molar-refractivity contribution in [1.82, 2.24) is 14.7 Å². The molecule has 0 aliphatic carbocycles. The molecule has 0 spiro atoms. The third kappa shape index (κ3) is 3.06. The minimum Gasteiger partial charge on any atom is -0.463 e. The number of furan rings is 1. The van der Waals surface area contributed by atoms with E-state index in [1.54, 1.807) is 6.26 Å². The number of nitrogens with zero attached hydrogens (tertiary/aromatic N) is 3. The second-order valence-corrected chi connectivity index (χ2v) is 5.65. The van der Waals surface area contributed by atoms with Gasteiger partial charge in [-0.25, -0.2) is 4.68 Å². The molecule has 0 unspecified atom stereocenters. The highest BCUT2D eigenvalue weighted by Gasteiger charge is 2.18. The summed E-state index contributed by atoms with van der Waals surface area (Å²) in [7, 11) is 0. The fourth-order valence-corrected chi connectivity index (χ4v) is 2.86. The Morgan fingerprint density at radius 3 is 2.57 bits per heavy atom. The second-order valence-electron chi connectivity index (χ2n) is 5.65. The lowest BCUT2D eigenvalue weighted by atomic mass is 10.2. The number of hydrogen-bond acceptors (Lipinski definition) is 4. The summed E-state index contributed by atoms with van der Waals surface area (Å²) in [6, 6.07) is 14.0. The molecule has 23 heavy (non-hydrogen) atoms. The van der Waals surface area contributed by atoms with Crippen LogP contribution in [0.4, 0.5) is 0 Å². The summed E-state index contributed by atoms with van der Waals surface area (Å²) in [5.74, 6) is 0.808. The van der Waals surface area contributed by atoms with Crippen LogP contribution >= 0.6 is 0 Å². The number of benzene rings is 1. The van der Waals surface area contributed by atoms with Gasteiger partial charge >= 0.3 is 0 Å². The smallest absolute Gasteiger partial charge is 0.154 e. The molecule has 1 aliphatic heterocycles. The van der Waals surface area contributed by atoms with E-state index in [0.29, 0.717) is 0 Å². The van der Waals surface area contributed by atoms with Gasteiger partial charge in [0.2, 0.25) is 0 Å². The number of hydrogen-bond donors (Lipinski definition) is 0. The van der Waals surface area contributed by atoms with E-state index in [1.807, 2.05) is 35.0 Å². The van der Waals surface area contributed by atoms with Crippen LogP contribution in [0, 0.1) is 0 Å². The molecule has 0 saturated carbocycles. The van der Waals surface area contributed by atoms with Crippen LogP contribution < -0.4 is 0 Å². The van der Waals surface area contributed by atoms with Crippen molar-refractivity contribution in [2.45, 2.75) is 6.54 Å². The minimum atomic E-state index is 0.795. The maximum absolute atomic E-state index is 5.58. The monoisotopic (exact) mass is 309 g/mol. The molecule has 118 valence electrons. The first-order valence-electron chi connectivity index (χ1n) is 7.88. The average Bonchev–Trinajstić information content (AvgIpc) is 3.26. The first-order valence-corrected chi connectivity index (χ1v) is 7.88. The van der Waals surface area contributed by atoms with Gasteiger partial charge in [-0.05, 0) is 24.3 Å². The molecule has 0 radical (unpaired) electrons. The van der Waals surface area contributed by atoms with E-state index < -0.39 is 0 Å². The first-order chi connectivity index (χ1) is 11.4. The van der Waals surface area contributed by atoms with Crippen LogP contribution in [-0.4, -0.2) is 41.0 Å². The quantitative estimate of drug-likeness (QED) is 0.743. The summed E-state index contributed by atoms with van der Waals surface area (Å²) in [5.41, 5.74) is 3.13. The summed E-state index contributed by atoms with van der Waals surface area (Å²) < 4.78 is 12.9. The van der Waals surface area contributed by atoms with Gasteiger partial charge in [0.15, 0.2) is 5.76 Å². The Bertz CT molecular complexity index is 744. The predicted molar refractivity (Wildman–Crippen MR) is 87.4 cm³/mol. The van der Waals surface area contributed by atoms with Crippen molar-refractivity contribution in [3.8, 4) is 17.1 Å². The van der Waals surface area contributed by atoms with Gasteiger partial charge in [0.1, 0.15) is 5.69 Å². The standard InChI is InChI=1S/C18H19N3O2/c1-2-5-16(6-3-1)21-14-15(13-20-8-11-22-12-9-20)18(19-21)17-7-4-10-23-17/h1-7,10,14H,8-9,11-13H2. The summed E-state index contributed by atoms with van der Waals surface area (Å²) in [6.45, 7) is 4.35. The largest absolute Gasteiger partial charge is 0.463 e. The van der Waals surface area contributed by atoms with Crippen molar-refractivity contribution < 1.29 is 9.15 Å². The van der Waals surface area contributed by atoms with Crippen molar-refractivity contribution >= 4 is 0 Å². The van der Waals surface area contributed by atoms with Crippen molar-refractivity contribution in [2.75, 3.05) is 26.3 Å². The average molecular weight is 309 g/mol. The van der Waals surface area contributed by atoms with E-state index >= 15 is 0 Å². The molecule has 3 aromatic rings. The van der Waals surface area contributed by atoms with Gasteiger partial charge in [0.05, 0.1) is 25.2 Å². The molecule has 2 aromatic heterocycles. The highest BCUT2D eigenvalue weighted by molar-refractivity contribution is 5.57. The fourth-order valence-electron chi connectivity index (χ4n) is 2.86. The van der Waals surface area contributed by atoms with Gasteiger partial charge in [-0.15, -0.1) is 0 Å². The van der Waals surface area contributed by atoms with Crippen LogP contribution in [0.1, 0.15) is 5.56 Å². The van der Waals surface area contributed by atoms with Crippen LogP contribution in [0.2, 0.25) is 0 Å². The summed E-state index contributed by atoms with van der Waals surface area (Å²) in [5, 5.41) is 4.75.